The van der Waals surface area contributed by atoms with Crippen LogP contribution in [0.2, 0.25) is 5.02 Å². The van der Waals surface area contributed by atoms with Crippen LogP contribution in [0.1, 0.15) is 48.1 Å². The normalized spacial score (nSPS) is 16.4. The van der Waals surface area contributed by atoms with Gasteiger partial charge in [0, 0.05) is 24.0 Å². The third-order valence-corrected chi connectivity index (χ3v) is 5.49. The molecule has 0 bridgehead atoms. The Hall–Kier alpha value is -1.59. The molecule has 2 aromatic rings. The van der Waals surface area contributed by atoms with Gasteiger partial charge in [-0.05, 0) is 67.0 Å². The first-order valence-electron chi connectivity index (χ1n) is 9.98. The fraction of sp³-hybridized carbons (Fsp3) is 0.435. The van der Waals surface area contributed by atoms with E-state index in [9.17, 15) is 9.90 Å². The standard InChI is InChI=1S/C23H28ClNO3.ClH/c1-2-28-23(27)11-7-16-6-8-17-9-10-21(14-19(17)12-16)25-15-22(26)18-4-3-5-20(24)13-18;/h3-6,8,12-13,21-22,25-26H,2,7,9-11,14-15H2,1H3;1H/t21-,22+;/m1./s1. The summed E-state index contributed by atoms with van der Waals surface area (Å²) < 4.78 is 5.01. The number of ether oxygens (including phenoxy) is 1. The number of aliphatic hydroxyl groups excluding tert-OH is 1. The number of halogens is 2. The third kappa shape index (κ3) is 7.00. The van der Waals surface area contributed by atoms with Crippen molar-refractivity contribution in [2.75, 3.05) is 13.2 Å². The Morgan fingerprint density at radius 2 is 2.10 bits per heavy atom. The zero-order valence-corrected chi connectivity index (χ0v) is 18.3. The van der Waals surface area contributed by atoms with Crippen LogP contribution in [-0.2, 0) is 28.8 Å². The van der Waals surface area contributed by atoms with Crippen LogP contribution in [0.25, 0.3) is 0 Å². The van der Waals surface area contributed by atoms with Crippen LogP contribution in [0, 0.1) is 0 Å². The Bertz CT molecular complexity index is 812. The summed E-state index contributed by atoms with van der Waals surface area (Å²) in [5.41, 5.74) is 4.72. The van der Waals surface area contributed by atoms with E-state index in [0.29, 0.717) is 37.1 Å². The molecule has 0 heterocycles. The lowest BCUT2D eigenvalue weighted by molar-refractivity contribution is -0.143. The minimum atomic E-state index is -0.573. The topological polar surface area (TPSA) is 58.6 Å². The Balaban J connectivity index is 0.00000300. The van der Waals surface area contributed by atoms with Gasteiger partial charge in [0.25, 0.3) is 0 Å². The van der Waals surface area contributed by atoms with E-state index in [4.69, 9.17) is 16.3 Å². The largest absolute Gasteiger partial charge is 0.466 e. The van der Waals surface area contributed by atoms with Crippen LogP contribution in [0.5, 0.6) is 0 Å². The van der Waals surface area contributed by atoms with Crippen LogP contribution >= 0.6 is 24.0 Å². The van der Waals surface area contributed by atoms with Gasteiger partial charge in [-0.3, -0.25) is 4.79 Å². The first kappa shape index (κ1) is 23.7. The summed E-state index contributed by atoms with van der Waals surface area (Å²) in [5, 5.41) is 14.6. The monoisotopic (exact) mass is 437 g/mol. The number of carbonyl (C=O) groups is 1. The minimum absolute atomic E-state index is 0. The highest BCUT2D eigenvalue weighted by atomic mass is 35.5. The van der Waals surface area contributed by atoms with Crippen LogP contribution in [-0.4, -0.2) is 30.3 Å². The van der Waals surface area contributed by atoms with Crippen molar-refractivity contribution in [2.45, 2.75) is 51.2 Å². The smallest absolute Gasteiger partial charge is 0.306 e. The molecule has 0 spiro atoms. The first-order valence-corrected chi connectivity index (χ1v) is 10.4. The third-order valence-electron chi connectivity index (χ3n) is 5.26. The zero-order valence-electron chi connectivity index (χ0n) is 16.7. The molecular weight excluding hydrogens is 409 g/mol. The summed E-state index contributed by atoms with van der Waals surface area (Å²) in [7, 11) is 0. The maximum absolute atomic E-state index is 11.6. The van der Waals surface area contributed by atoms with Gasteiger partial charge in [-0.1, -0.05) is 41.9 Å². The van der Waals surface area contributed by atoms with Crippen molar-refractivity contribution >= 4 is 30.0 Å². The van der Waals surface area contributed by atoms with E-state index >= 15 is 0 Å². The highest BCUT2D eigenvalue weighted by Gasteiger charge is 2.20. The van der Waals surface area contributed by atoms with E-state index < -0.39 is 6.10 Å². The molecule has 0 aromatic heterocycles. The summed E-state index contributed by atoms with van der Waals surface area (Å²) in [5.74, 6) is -0.144. The van der Waals surface area contributed by atoms with Gasteiger partial charge in [0.15, 0.2) is 0 Å². The molecular formula is C23H29Cl2NO3. The van der Waals surface area contributed by atoms with Gasteiger partial charge in [-0.15, -0.1) is 12.4 Å². The number of aryl methyl sites for hydroxylation is 2. The van der Waals surface area contributed by atoms with Gasteiger partial charge in [-0.2, -0.15) is 0 Å². The van der Waals surface area contributed by atoms with Crippen LogP contribution in [0.4, 0.5) is 0 Å². The van der Waals surface area contributed by atoms with Gasteiger partial charge in [0.1, 0.15) is 0 Å². The van der Waals surface area contributed by atoms with E-state index in [1.807, 2.05) is 25.1 Å². The molecule has 2 atom stereocenters. The Morgan fingerprint density at radius 3 is 2.86 bits per heavy atom. The molecule has 1 aliphatic carbocycles. The second kappa shape index (κ2) is 11.6. The van der Waals surface area contributed by atoms with Crippen molar-refractivity contribution in [3.63, 3.8) is 0 Å². The van der Waals surface area contributed by atoms with E-state index in [-0.39, 0.29) is 18.4 Å². The fourth-order valence-electron chi connectivity index (χ4n) is 3.73. The van der Waals surface area contributed by atoms with E-state index in [1.54, 1.807) is 6.07 Å². The molecule has 2 aromatic carbocycles. The van der Waals surface area contributed by atoms with Crippen LogP contribution < -0.4 is 5.32 Å². The van der Waals surface area contributed by atoms with Crippen molar-refractivity contribution in [3.8, 4) is 0 Å². The molecule has 1 aliphatic rings. The lowest BCUT2D eigenvalue weighted by atomic mass is 9.86. The fourth-order valence-corrected chi connectivity index (χ4v) is 3.93. The molecule has 0 aliphatic heterocycles. The zero-order chi connectivity index (χ0) is 19.9. The highest BCUT2D eigenvalue weighted by molar-refractivity contribution is 6.30. The van der Waals surface area contributed by atoms with Crippen molar-refractivity contribution < 1.29 is 14.6 Å². The first-order chi connectivity index (χ1) is 13.5. The number of carbonyl (C=O) groups excluding carboxylic acids is 1. The van der Waals surface area contributed by atoms with Crippen molar-refractivity contribution in [3.05, 3.63) is 69.7 Å². The van der Waals surface area contributed by atoms with Gasteiger partial charge < -0.3 is 15.2 Å². The molecule has 0 unspecified atom stereocenters. The Kier molecular flexibility index (Phi) is 9.44. The number of hydrogen-bond acceptors (Lipinski definition) is 4. The number of fused-ring (bicyclic) bond motifs is 1. The molecule has 0 amide bonds. The predicted molar refractivity (Wildman–Crippen MR) is 119 cm³/mol. The molecule has 4 nitrogen and oxygen atoms in total. The molecule has 2 N–H and O–H groups in total. The van der Waals surface area contributed by atoms with Gasteiger partial charge in [0.05, 0.1) is 12.7 Å². The predicted octanol–water partition coefficient (Wildman–Crippen LogP) is 4.44. The van der Waals surface area contributed by atoms with E-state index in [0.717, 1.165) is 24.8 Å². The van der Waals surface area contributed by atoms with Crippen molar-refractivity contribution in [2.24, 2.45) is 0 Å². The molecule has 0 saturated heterocycles. The maximum Gasteiger partial charge on any atom is 0.306 e. The number of rotatable bonds is 8. The van der Waals surface area contributed by atoms with Crippen molar-refractivity contribution in [1.29, 1.82) is 0 Å². The summed E-state index contributed by atoms with van der Waals surface area (Å²) in [6.45, 7) is 2.76. The maximum atomic E-state index is 11.6. The Labute approximate surface area is 184 Å². The molecule has 6 heteroatoms. The van der Waals surface area contributed by atoms with Crippen LogP contribution in [0.15, 0.2) is 42.5 Å². The summed E-state index contributed by atoms with van der Waals surface area (Å²) >= 11 is 6.01. The molecule has 3 rings (SSSR count). The number of hydrogen-bond donors (Lipinski definition) is 2. The van der Waals surface area contributed by atoms with E-state index in [2.05, 4.69) is 23.5 Å². The molecule has 29 heavy (non-hydrogen) atoms. The number of aliphatic hydroxyl groups is 1. The second-order valence-corrected chi connectivity index (χ2v) is 7.76. The highest BCUT2D eigenvalue weighted by Crippen LogP contribution is 2.24. The number of benzene rings is 2. The average Bonchev–Trinajstić information content (AvgIpc) is 2.70. The minimum Gasteiger partial charge on any atom is -0.466 e. The van der Waals surface area contributed by atoms with Gasteiger partial charge in [-0.25, -0.2) is 0 Å². The lowest BCUT2D eigenvalue weighted by Crippen LogP contribution is -2.37. The quantitative estimate of drug-likeness (QED) is 0.599. The van der Waals surface area contributed by atoms with Gasteiger partial charge >= 0.3 is 5.97 Å². The van der Waals surface area contributed by atoms with Crippen LogP contribution in [0.3, 0.4) is 0 Å². The molecule has 158 valence electrons. The number of esters is 1. The Morgan fingerprint density at radius 1 is 1.28 bits per heavy atom. The molecule has 0 fully saturated rings. The lowest BCUT2D eigenvalue weighted by Gasteiger charge is -2.27. The number of nitrogens with one attached hydrogen (secondary N) is 1. The summed E-state index contributed by atoms with van der Waals surface area (Å²) in [4.78, 5) is 11.6. The second-order valence-electron chi connectivity index (χ2n) is 7.33. The van der Waals surface area contributed by atoms with Gasteiger partial charge in [0.2, 0.25) is 0 Å². The SMILES string of the molecule is CCOC(=O)CCc1ccc2c(c1)C[C@H](NC[C@H](O)c1cccc(Cl)c1)CC2.Cl. The molecule has 0 saturated carbocycles. The summed E-state index contributed by atoms with van der Waals surface area (Å²) in [6, 6.07) is 14.2. The summed E-state index contributed by atoms with van der Waals surface area (Å²) in [6.07, 6.45) is 3.56. The average molecular weight is 438 g/mol. The van der Waals surface area contributed by atoms with E-state index in [1.165, 1.54) is 16.7 Å². The van der Waals surface area contributed by atoms with Crippen molar-refractivity contribution in [1.82, 2.24) is 5.32 Å². The molecule has 0 radical (unpaired) electrons.